The number of carbonyl (C=O) groups is 2. The Morgan fingerprint density at radius 2 is 2.06 bits per heavy atom. The lowest BCUT2D eigenvalue weighted by Crippen LogP contribution is -2.49. The predicted octanol–water partition coefficient (Wildman–Crippen LogP) is 1.26. The number of amides is 2. The monoisotopic (exact) mass is 270 g/mol. The molecule has 1 heterocycles. The van der Waals surface area contributed by atoms with E-state index in [1.54, 1.807) is 11.8 Å². The third-order valence-electron chi connectivity index (χ3n) is 3.72. The fraction of sp³-hybridized carbons (Fsp3) is 0.846. The van der Waals surface area contributed by atoms with Gasteiger partial charge in [0.25, 0.3) is 0 Å². The van der Waals surface area contributed by atoms with Crippen LogP contribution in [0.1, 0.15) is 33.1 Å². The number of thioether (sulfide) groups is 1. The van der Waals surface area contributed by atoms with Crippen molar-refractivity contribution in [2.24, 2.45) is 5.92 Å². The Kier molecular flexibility index (Phi) is 3.90. The Morgan fingerprint density at radius 3 is 2.61 bits per heavy atom. The molecule has 0 aromatic carbocycles. The van der Waals surface area contributed by atoms with Crippen molar-refractivity contribution in [2.75, 3.05) is 19.3 Å². The van der Waals surface area contributed by atoms with Gasteiger partial charge in [-0.25, -0.2) is 0 Å². The third-order valence-corrected chi connectivity index (χ3v) is 4.95. The molecule has 1 unspecified atom stereocenters. The van der Waals surface area contributed by atoms with Crippen LogP contribution in [0, 0.1) is 5.92 Å². The van der Waals surface area contributed by atoms with E-state index in [4.69, 9.17) is 0 Å². The number of rotatable bonds is 4. The van der Waals surface area contributed by atoms with Gasteiger partial charge in [-0.1, -0.05) is 0 Å². The van der Waals surface area contributed by atoms with Gasteiger partial charge < -0.3 is 10.2 Å². The van der Waals surface area contributed by atoms with Crippen LogP contribution in [0.3, 0.4) is 0 Å². The minimum Gasteiger partial charge on any atom is -0.344 e. The molecule has 102 valence electrons. The molecule has 5 heteroatoms. The quantitative estimate of drug-likeness (QED) is 0.836. The maximum Gasteiger partial charge on any atom is 0.245 e. The molecule has 1 aliphatic heterocycles. The second kappa shape index (κ2) is 5.11. The molecule has 2 aliphatic rings. The van der Waals surface area contributed by atoms with Gasteiger partial charge in [-0.2, -0.15) is 11.8 Å². The molecule has 0 aromatic heterocycles. The largest absolute Gasteiger partial charge is 0.344 e. The lowest BCUT2D eigenvalue weighted by molar-refractivity contribution is -0.134. The molecule has 18 heavy (non-hydrogen) atoms. The predicted molar refractivity (Wildman–Crippen MR) is 73.4 cm³/mol. The van der Waals surface area contributed by atoms with Crippen molar-refractivity contribution in [2.45, 2.75) is 43.9 Å². The zero-order chi connectivity index (χ0) is 13.3. The summed E-state index contributed by atoms with van der Waals surface area (Å²) in [4.78, 5) is 26.0. The number of nitrogens with one attached hydrogen (secondary N) is 1. The maximum absolute atomic E-state index is 12.5. The summed E-state index contributed by atoms with van der Waals surface area (Å²) in [6.07, 6.45) is 4.62. The van der Waals surface area contributed by atoms with Gasteiger partial charge in [-0.05, 0) is 38.9 Å². The zero-order valence-corrected chi connectivity index (χ0v) is 12.2. The molecule has 2 amide bonds. The van der Waals surface area contributed by atoms with Crippen LogP contribution in [0.2, 0.25) is 0 Å². The van der Waals surface area contributed by atoms with Crippen molar-refractivity contribution in [1.29, 1.82) is 0 Å². The van der Waals surface area contributed by atoms with Gasteiger partial charge >= 0.3 is 0 Å². The molecule has 0 radical (unpaired) electrons. The van der Waals surface area contributed by atoms with Crippen molar-refractivity contribution in [3.8, 4) is 0 Å². The van der Waals surface area contributed by atoms with Crippen LogP contribution in [-0.4, -0.2) is 46.8 Å². The van der Waals surface area contributed by atoms with Crippen LogP contribution >= 0.6 is 11.8 Å². The smallest absolute Gasteiger partial charge is 0.245 e. The molecule has 0 spiro atoms. The first-order chi connectivity index (χ1) is 8.43. The summed E-state index contributed by atoms with van der Waals surface area (Å²) >= 11 is 1.76. The van der Waals surface area contributed by atoms with E-state index in [9.17, 15) is 9.59 Å². The second-order valence-electron chi connectivity index (χ2n) is 5.86. The number of carbonyl (C=O) groups excluding carboxylic acids is 2. The lowest BCUT2D eigenvalue weighted by atomic mass is 10.1. The summed E-state index contributed by atoms with van der Waals surface area (Å²) in [7, 11) is 0. The Hall–Kier alpha value is -0.710. The first-order valence-electron chi connectivity index (χ1n) is 6.56. The molecular weight excluding hydrogens is 248 g/mol. The van der Waals surface area contributed by atoms with Crippen molar-refractivity contribution >= 4 is 23.6 Å². The second-order valence-corrected chi connectivity index (χ2v) is 7.37. The highest BCUT2D eigenvalue weighted by molar-refractivity contribution is 7.99. The van der Waals surface area contributed by atoms with Gasteiger partial charge in [0.15, 0.2) is 0 Å². The number of hydrogen-bond acceptors (Lipinski definition) is 3. The van der Waals surface area contributed by atoms with Crippen molar-refractivity contribution in [3.63, 3.8) is 0 Å². The first kappa shape index (κ1) is 13.7. The Morgan fingerprint density at radius 1 is 1.39 bits per heavy atom. The van der Waals surface area contributed by atoms with E-state index >= 15 is 0 Å². The summed E-state index contributed by atoms with van der Waals surface area (Å²) in [5.41, 5.74) is 0. The fourth-order valence-electron chi connectivity index (χ4n) is 2.28. The molecule has 1 saturated heterocycles. The van der Waals surface area contributed by atoms with Gasteiger partial charge in [-0.3, -0.25) is 9.59 Å². The molecule has 1 saturated carbocycles. The van der Waals surface area contributed by atoms with E-state index in [2.05, 4.69) is 25.4 Å². The van der Waals surface area contributed by atoms with Crippen molar-refractivity contribution in [1.82, 2.24) is 10.2 Å². The van der Waals surface area contributed by atoms with Crippen LogP contribution in [0.15, 0.2) is 0 Å². The van der Waals surface area contributed by atoms with E-state index < -0.39 is 0 Å². The SMILES string of the molecule is CSC(C)(C)CN1CCC(=O)NC(C2CC2)C1=O. The normalized spacial score (nSPS) is 25.9. The van der Waals surface area contributed by atoms with Crippen LogP contribution in [0.25, 0.3) is 0 Å². The average Bonchev–Trinajstić information content (AvgIpc) is 3.14. The summed E-state index contributed by atoms with van der Waals surface area (Å²) in [5.74, 6) is 0.509. The summed E-state index contributed by atoms with van der Waals surface area (Å²) in [6, 6.07) is -0.266. The topological polar surface area (TPSA) is 49.4 Å². The summed E-state index contributed by atoms with van der Waals surface area (Å²) in [5, 5.41) is 2.89. The van der Waals surface area contributed by atoms with E-state index in [0.29, 0.717) is 25.4 Å². The average molecular weight is 270 g/mol. The Bertz CT molecular complexity index is 353. The van der Waals surface area contributed by atoms with Crippen LogP contribution in [0.4, 0.5) is 0 Å². The summed E-state index contributed by atoms with van der Waals surface area (Å²) in [6.45, 7) is 5.54. The van der Waals surface area contributed by atoms with Crippen LogP contribution in [-0.2, 0) is 9.59 Å². The van der Waals surface area contributed by atoms with Crippen LogP contribution in [0.5, 0.6) is 0 Å². The van der Waals surface area contributed by atoms with E-state index in [1.165, 1.54) is 0 Å². The van der Waals surface area contributed by atoms with Gasteiger partial charge in [0.05, 0.1) is 0 Å². The molecular formula is C13H22N2O2S. The van der Waals surface area contributed by atoms with Gasteiger partial charge in [-0.15, -0.1) is 0 Å². The molecule has 2 fully saturated rings. The van der Waals surface area contributed by atoms with Gasteiger partial charge in [0, 0.05) is 24.3 Å². The summed E-state index contributed by atoms with van der Waals surface area (Å²) < 4.78 is 0.0388. The van der Waals surface area contributed by atoms with E-state index in [-0.39, 0.29) is 22.6 Å². The molecule has 1 N–H and O–H groups in total. The number of hydrogen-bond donors (Lipinski definition) is 1. The molecule has 2 rings (SSSR count). The Balaban J connectivity index is 2.08. The minimum atomic E-state index is -0.266. The molecule has 0 aromatic rings. The van der Waals surface area contributed by atoms with Gasteiger partial charge in [0.2, 0.25) is 11.8 Å². The van der Waals surface area contributed by atoms with Crippen molar-refractivity contribution in [3.05, 3.63) is 0 Å². The number of nitrogens with zero attached hydrogens (tertiary/aromatic N) is 1. The molecule has 0 bridgehead atoms. The van der Waals surface area contributed by atoms with E-state index in [0.717, 1.165) is 12.8 Å². The third kappa shape index (κ3) is 3.19. The highest BCUT2D eigenvalue weighted by Crippen LogP contribution is 2.34. The molecule has 4 nitrogen and oxygen atoms in total. The maximum atomic E-state index is 12.5. The fourth-order valence-corrected chi connectivity index (χ4v) is 2.57. The van der Waals surface area contributed by atoms with E-state index in [1.807, 2.05) is 4.90 Å². The highest BCUT2D eigenvalue weighted by atomic mass is 32.2. The molecule has 1 atom stereocenters. The minimum absolute atomic E-state index is 0.0182. The zero-order valence-electron chi connectivity index (χ0n) is 11.4. The Labute approximate surface area is 113 Å². The lowest BCUT2D eigenvalue weighted by Gasteiger charge is -2.32. The molecule has 1 aliphatic carbocycles. The van der Waals surface area contributed by atoms with Crippen LogP contribution < -0.4 is 5.32 Å². The van der Waals surface area contributed by atoms with Gasteiger partial charge in [0.1, 0.15) is 6.04 Å². The highest BCUT2D eigenvalue weighted by Gasteiger charge is 2.41. The first-order valence-corrected chi connectivity index (χ1v) is 7.79. The van der Waals surface area contributed by atoms with Crippen molar-refractivity contribution < 1.29 is 9.59 Å². The standard InChI is InChI=1S/C13H22N2O2S/c1-13(2,18-3)8-15-7-6-10(16)14-11(12(15)17)9-4-5-9/h9,11H,4-8H2,1-3H3,(H,14,16).